The van der Waals surface area contributed by atoms with Gasteiger partial charge in [-0.25, -0.2) is 4.79 Å². The van der Waals surface area contributed by atoms with Crippen LogP contribution in [0.1, 0.15) is 16.8 Å². The minimum Gasteiger partial charge on any atom is -0.460 e. The van der Waals surface area contributed by atoms with E-state index in [1.165, 1.54) is 24.3 Å². The molecule has 0 aliphatic rings. The van der Waals surface area contributed by atoms with Crippen molar-refractivity contribution in [2.45, 2.75) is 6.42 Å². The maximum absolute atomic E-state index is 11.5. The number of hydrogen-bond donors (Lipinski definition) is 2. The van der Waals surface area contributed by atoms with Crippen molar-refractivity contribution in [3.8, 4) is 5.75 Å². The Morgan fingerprint density at radius 3 is 2.61 bits per heavy atom. The van der Waals surface area contributed by atoms with Crippen LogP contribution in [-0.4, -0.2) is 42.0 Å². The zero-order valence-corrected chi connectivity index (χ0v) is 9.67. The van der Waals surface area contributed by atoms with Gasteiger partial charge in [0.25, 0.3) is 0 Å². The highest BCUT2D eigenvalue weighted by atomic mass is 16.5. The van der Waals surface area contributed by atoms with Crippen molar-refractivity contribution in [1.82, 2.24) is 0 Å². The number of rotatable bonds is 6. The summed E-state index contributed by atoms with van der Waals surface area (Å²) in [5, 5.41) is 17.1. The first-order valence-corrected chi connectivity index (χ1v) is 5.37. The van der Waals surface area contributed by atoms with Crippen LogP contribution in [0.15, 0.2) is 24.3 Å². The number of hydrogen-bond acceptors (Lipinski definition) is 6. The van der Waals surface area contributed by atoms with Gasteiger partial charge in [-0.3, -0.25) is 4.79 Å². The Morgan fingerprint density at radius 1 is 1.17 bits per heavy atom. The van der Waals surface area contributed by atoms with Crippen molar-refractivity contribution in [1.29, 1.82) is 0 Å². The Balaban J connectivity index is 2.67. The Kier molecular flexibility index (Phi) is 5.83. The minimum absolute atomic E-state index is 0.0899. The molecule has 1 aromatic rings. The fraction of sp³-hybridized carbons (Fsp3) is 0.333. The van der Waals surface area contributed by atoms with Crippen LogP contribution < -0.4 is 4.74 Å². The average Bonchev–Trinajstić information content (AvgIpc) is 2.36. The number of carbonyl (C=O) groups is 2. The van der Waals surface area contributed by atoms with Gasteiger partial charge in [-0.05, 0) is 18.2 Å². The Morgan fingerprint density at radius 2 is 1.94 bits per heavy atom. The van der Waals surface area contributed by atoms with Gasteiger partial charge in [-0.15, -0.1) is 0 Å². The van der Waals surface area contributed by atoms with Crippen LogP contribution in [0, 0.1) is 0 Å². The van der Waals surface area contributed by atoms with E-state index < -0.39 is 11.9 Å². The predicted octanol–water partition coefficient (Wildman–Crippen LogP) is 0.123. The summed E-state index contributed by atoms with van der Waals surface area (Å²) in [6.45, 7) is -0.638. The number of benzene rings is 1. The summed E-state index contributed by atoms with van der Waals surface area (Å²) in [5.41, 5.74) is 0.220. The molecule has 0 saturated carbocycles. The monoisotopic (exact) mass is 254 g/mol. The number of esters is 2. The molecule has 0 spiro atoms. The lowest BCUT2D eigenvalue weighted by Crippen LogP contribution is -2.11. The lowest BCUT2D eigenvalue weighted by atomic mass is 10.2. The number of aliphatic hydroxyl groups is 2. The van der Waals surface area contributed by atoms with E-state index in [2.05, 4.69) is 0 Å². The maximum Gasteiger partial charge on any atom is 0.338 e. The summed E-state index contributed by atoms with van der Waals surface area (Å²) in [6.07, 6.45) is -0.112. The summed E-state index contributed by atoms with van der Waals surface area (Å²) in [5.74, 6) is -0.991. The van der Waals surface area contributed by atoms with E-state index in [1.54, 1.807) is 0 Å². The molecule has 0 fully saturated rings. The fourth-order valence-corrected chi connectivity index (χ4v) is 1.18. The molecule has 0 saturated heterocycles. The number of aliphatic hydroxyl groups excluding tert-OH is 2. The molecule has 0 atom stereocenters. The second-order valence-corrected chi connectivity index (χ2v) is 3.34. The molecule has 0 bridgehead atoms. The van der Waals surface area contributed by atoms with E-state index in [9.17, 15) is 9.59 Å². The Hall–Kier alpha value is -1.92. The van der Waals surface area contributed by atoms with Crippen molar-refractivity contribution in [3.05, 3.63) is 29.8 Å². The smallest absolute Gasteiger partial charge is 0.338 e. The van der Waals surface area contributed by atoms with Crippen LogP contribution in [-0.2, 0) is 9.53 Å². The molecule has 0 heterocycles. The van der Waals surface area contributed by atoms with E-state index in [0.29, 0.717) is 0 Å². The van der Waals surface area contributed by atoms with E-state index in [1.807, 2.05) is 0 Å². The Bertz CT molecular complexity index is 415. The highest BCUT2D eigenvalue weighted by molar-refractivity contribution is 5.90. The van der Waals surface area contributed by atoms with Crippen LogP contribution in [0.5, 0.6) is 5.75 Å². The van der Waals surface area contributed by atoms with E-state index >= 15 is 0 Å². The van der Waals surface area contributed by atoms with E-state index in [0.717, 1.165) is 0 Å². The topological polar surface area (TPSA) is 93.1 Å². The molecule has 98 valence electrons. The van der Waals surface area contributed by atoms with Crippen LogP contribution >= 0.6 is 0 Å². The zero-order valence-electron chi connectivity index (χ0n) is 9.67. The summed E-state index contributed by atoms with van der Waals surface area (Å²) in [7, 11) is 0. The predicted molar refractivity (Wildman–Crippen MR) is 61.1 cm³/mol. The zero-order chi connectivity index (χ0) is 13.4. The molecule has 0 aliphatic heterocycles. The van der Waals surface area contributed by atoms with Gasteiger partial charge in [0.05, 0.1) is 25.2 Å². The normalized spacial score (nSPS) is 9.89. The molecule has 1 rings (SSSR count). The van der Waals surface area contributed by atoms with Gasteiger partial charge in [0.15, 0.2) is 0 Å². The fourth-order valence-electron chi connectivity index (χ4n) is 1.18. The molecule has 0 radical (unpaired) electrons. The minimum atomic E-state index is -0.607. The van der Waals surface area contributed by atoms with Crippen LogP contribution in [0.2, 0.25) is 0 Å². The van der Waals surface area contributed by atoms with Gasteiger partial charge in [0.2, 0.25) is 0 Å². The molecule has 0 aromatic heterocycles. The first-order chi connectivity index (χ1) is 8.67. The van der Waals surface area contributed by atoms with Crippen molar-refractivity contribution < 1.29 is 29.3 Å². The molecular weight excluding hydrogens is 240 g/mol. The van der Waals surface area contributed by atoms with Gasteiger partial charge in [-0.1, -0.05) is 6.07 Å². The third-order valence-corrected chi connectivity index (χ3v) is 1.94. The molecule has 1 aromatic carbocycles. The lowest BCUT2D eigenvalue weighted by molar-refractivity contribution is -0.135. The number of carbonyl (C=O) groups excluding carboxylic acids is 2. The van der Waals surface area contributed by atoms with Gasteiger partial charge < -0.3 is 19.7 Å². The first-order valence-electron chi connectivity index (χ1n) is 5.37. The molecule has 0 unspecified atom stereocenters. The quantitative estimate of drug-likeness (QED) is 0.553. The van der Waals surface area contributed by atoms with Crippen LogP contribution in [0.25, 0.3) is 0 Å². The van der Waals surface area contributed by atoms with Crippen molar-refractivity contribution in [3.63, 3.8) is 0 Å². The van der Waals surface area contributed by atoms with E-state index in [-0.39, 0.29) is 37.6 Å². The molecule has 6 heteroatoms. The first kappa shape index (κ1) is 14.1. The van der Waals surface area contributed by atoms with Gasteiger partial charge in [-0.2, -0.15) is 0 Å². The molecule has 18 heavy (non-hydrogen) atoms. The van der Waals surface area contributed by atoms with Crippen molar-refractivity contribution in [2.75, 3.05) is 19.8 Å². The molecule has 0 amide bonds. The molecule has 0 aliphatic carbocycles. The molecule has 6 nitrogen and oxygen atoms in total. The largest absolute Gasteiger partial charge is 0.460 e. The lowest BCUT2D eigenvalue weighted by Gasteiger charge is -2.06. The van der Waals surface area contributed by atoms with Crippen molar-refractivity contribution in [2.24, 2.45) is 0 Å². The summed E-state index contributed by atoms with van der Waals surface area (Å²) >= 11 is 0. The summed E-state index contributed by atoms with van der Waals surface area (Å²) in [4.78, 5) is 22.6. The third kappa shape index (κ3) is 4.52. The highest BCUT2D eigenvalue weighted by Crippen LogP contribution is 2.14. The van der Waals surface area contributed by atoms with Gasteiger partial charge >= 0.3 is 11.9 Å². The third-order valence-electron chi connectivity index (χ3n) is 1.94. The maximum atomic E-state index is 11.5. The SMILES string of the molecule is O=C(CCO)Oc1cccc(C(=O)OCCO)c1. The van der Waals surface area contributed by atoms with Crippen molar-refractivity contribution >= 4 is 11.9 Å². The van der Waals surface area contributed by atoms with Gasteiger partial charge in [0, 0.05) is 0 Å². The Labute approximate surface area is 104 Å². The average molecular weight is 254 g/mol. The molecular formula is C12H14O6. The second-order valence-electron chi connectivity index (χ2n) is 3.34. The van der Waals surface area contributed by atoms with E-state index in [4.69, 9.17) is 19.7 Å². The summed E-state index contributed by atoms with van der Waals surface area (Å²) in [6, 6.07) is 5.91. The standard InChI is InChI=1S/C12H14O6/c13-5-4-11(15)18-10-3-1-2-9(8-10)12(16)17-7-6-14/h1-3,8,13-14H,4-7H2. The summed E-state index contributed by atoms with van der Waals surface area (Å²) < 4.78 is 9.61. The number of ether oxygens (including phenoxy) is 2. The molecule has 2 N–H and O–H groups in total. The highest BCUT2D eigenvalue weighted by Gasteiger charge is 2.09. The second kappa shape index (κ2) is 7.41. The van der Waals surface area contributed by atoms with Crippen LogP contribution in [0.4, 0.5) is 0 Å². The van der Waals surface area contributed by atoms with Gasteiger partial charge in [0.1, 0.15) is 12.4 Å². The van der Waals surface area contributed by atoms with Crippen LogP contribution in [0.3, 0.4) is 0 Å².